The van der Waals surface area contributed by atoms with Gasteiger partial charge < -0.3 is 38.5 Å². The van der Waals surface area contributed by atoms with Crippen LogP contribution in [0, 0.1) is 0 Å². The average Bonchev–Trinajstić information content (AvgIpc) is 3.04. The maximum absolute atomic E-state index is 13.0. The number of nitrogens with one attached hydrogen (secondary N) is 1. The van der Waals surface area contributed by atoms with Crippen LogP contribution in [0.4, 0.5) is 0 Å². The number of aryl methyl sites for hydroxylation is 1. The van der Waals surface area contributed by atoms with Crippen LogP contribution in [0.3, 0.4) is 0 Å². The van der Waals surface area contributed by atoms with E-state index >= 15 is 0 Å². The molecule has 1 saturated heterocycles. The van der Waals surface area contributed by atoms with Crippen molar-refractivity contribution in [3.63, 3.8) is 0 Å². The van der Waals surface area contributed by atoms with E-state index < -0.39 is 5.54 Å². The van der Waals surface area contributed by atoms with Gasteiger partial charge in [-0.1, -0.05) is 64.0 Å². The molecule has 1 N–H and O–H groups in total. The van der Waals surface area contributed by atoms with Gasteiger partial charge in [-0.3, -0.25) is 9.59 Å². The predicted octanol–water partition coefficient (Wildman–Crippen LogP) is 2.28. The summed E-state index contributed by atoms with van der Waals surface area (Å²) in [6, 6.07) is 7.98. The van der Waals surface area contributed by atoms with Crippen LogP contribution in [-0.4, -0.2) is 55.7 Å². The van der Waals surface area contributed by atoms with Crippen molar-refractivity contribution < 1.29 is 42.8 Å². The summed E-state index contributed by atoms with van der Waals surface area (Å²) in [5, 5.41) is 3.20. The van der Waals surface area contributed by atoms with Gasteiger partial charge in [-0.25, -0.2) is 0 Å². The van der Waals surface area contributed by atoms with Gasteiger partial charge in [0, 0.05) is 12.0 Å². The zero-order valence-electron chi connectivity index (χ0n) is 21.3. The molecule has 0 aromatic heterocycles. The topological polar surface area (TPSA) is 55.4 Å². The van der Waals surface area contributed by atoms with Crippen molar-refractivity contribution >= 4 is 11.9 Å². The van der Waals surface area contributed by atoms with Crippen molar-refractivity contribution in [1.82, 2.24) is 5.32 Å². The summed E-state index contributed by atoms with van der Waals surface area (Å²) in [5.74, 6) is -0.342. The lowest BCUT2D eigenvalue weighted by atomic mass is 9.93. The average molecular weight is 573 g/mol. The Balaban J connectivity index is 0.00000544. The van der Waals surface area contributed by atoms with E-state index in [1.165, 1.54) is 56.9 Å². The van der Waals surface area contributed by atoms with Crippen LogP contribution in [0.15, 0.2) is 24.3 Å². The van der Waals surface area contributed by atoms with E-state index in [-0.39, 0.29) is 42.3 Å². The van der Waals surface area contributed by atoms with Gasteiger partial charge in [0.15, 0.2) is 0 Å². The van der Waals surface area contributed by atoms with Gasteiger partial charge in [-0.2, -0.15) is 0 Å². The number of unbranched alkanes of at least 4 members (excludes halogenated alkanes) is 7. The molecule has 0 bridgehead atoms. The second-order valence-corrected chi connectivity index (χ2v) is 10.2. The van der Waals surface area contributed by atoms with Gasteiger partial charge in [0.25, 0.3) is 5.91 Å². The largest absolute Gasteiger partial charge is 1.00 e. The van der Waals surface area contributed by atoms with Crippen LogP contribution in [0.25, 0.3) is 0 Å². The van der Waals surface area contributed by atoms with Gasteiger partial charge >= 0.3 is 5.97 Å². The fourth-order valence-corrected chi connectivity index (χ4v) is 4.87. The summed E-state index contributed by atoms with van der Waals surface area (Å²) in [4.78, 5) is 25.2. The van der Waals surface area contributed by atoms with Gasteiger partial charge in [0.1, 0.15) is 12.1 Å². The molecular weight excluding hydrogens is 527 g/mol. The Morgan fingerprint density at radius 2 is 1.58 bits per heavy atom. The standard InChI is InChI=1S/C27H44N2O3.HI/c1-5-7-8-9-10-11-12-13-14-23-15-17-24(18-16-23)26(31)28-27(21-25(30)32-6-2)19-20-29(3,4)22-27;/h15-18H,5-14,19-22H2,1-4H3;1H. The van der Waals surface area contributed by atoms with E-state index in [1.807, 2.05) is 19.1 Å². The first-order valence-corrected chi connectivity index (χ1v) is 12.7. The zero-order chi connectivity index (χ0) is 23.5. The molecule has 188 valence electrons. The van der Waals surface area contributed by atoms with Crippen molar-refractivity contribution in [2.75, 3.05) is 33.8 Å². The molecule has 1 aromatic rings. The van der Waals surface area contributed by atoms with Crippen molar-refractivity contribution in [1.29, 1.82) is 0 Å². The summed E-state index contributed by atoms with van der Waals surface area (Å²) in [7, 11) is 4.28. The van der Waals surface area contributed by atoms with Crippen LogP contribution in [0.5, 0.6) is 0 Å². The first-order valence-electron chi connectivity index (χ1n) is 12.7. The summed E-state index contributed by atoms with van der Waals surface area (Å²) in [6.45, 7) is 6.09. The fraction of sp³-hybridized carbons (Fsp3) is 0.704. The quantitative estimate of drug-likeness (QED) is 0.161. The Bertz CT molecular complexity index is 721. The molecule has 1 fully saturated rings. The summed E-state index contributed by atoms with van der Waals surface area (Å²) in [5.41, 5.74) is 1.40. The number of likely N-dealkylation sites (tertiary alicyclic amines) is 1. The van der Waals surface area contributed by atoms with E-state index in [4.69, 9.17) is 4.74 Å². The van der Waals surface area contributed by atoms with Gasteiger partial charge in [-0.05, 0) is 37.5 Å². The number of halogens is 1. The minimum absolute atomic E-state index is 0. The fourth-order valence-electron chi connectivity index (χ4n) is 4.87. The van der Waals surface area contributed by atoms with Gasteiger partial charge in [0.2, 0.25) is 0 Å². The minimum atomic E-state index is -0.539. The molecule has 1 heterocycles. The lowest BCUT2D eigenvalue weighted by Crippen LogP contribution is -3.00. The molecule has 1 aliphatic rings. The number of benzene rings is 1. The van der Waals surface area contributed by atoms with Crippen molar-refractivity contribution in [2.45, 2.75) is 90.0 Å². The molecule has 1 aromatic carbocycles. The maximum Gasteiger partial charge on any atom is 0.308 e. The summed E-state index contributed by atoms with van der Waals surface area (Å²) < 4.78 is 5.97. The summed E-state index contributed by atoms with van der Waals surface area (Å²) in [6.07, 6.45) is 12.6. The molecule has 1 aliphatic heterocycles. The Morgan fingerprint density at radius 1 is 0.970 bits per heavy atom. The minimum Gasteiger partial charge on any atom is -1.00 e. The van der Waals surface area contributed by atoms with E-state index in [2.05, 4.69) is 38.5 Å². The first kappa shape index (κ1) is 29.9. The van der Waals surface area contributed by atoms with E-state index in [0.717, 1.165) is 30.4 Å². The predicted molar refractivity (Wildman–Crippen MR) is 131 cm³/mol. The van der Waals surface area contributed by atoms with Gasteiger partial charge in [-0.15, -0.1) is 0 Å². The highest BCUT2D eigenvalue weighted by Gasteiger charge is 2.47. The normalized spacial score (nSPS) is 19.0. The third-order valence-electron chi connectivity index (χ3n) is 6.63. The zero-order valence-corrected chi connectivity index (χ0v) is 23.4. The number of ether oxygens (including phenoxy) is 1. The Kier molecular flexibility index (Phi) is 13.6. The highest BCUT2D eigenvalue weighted by molar-refractivity contribution is 5.95. The molecule has 5 nitrogen and oxygen atoms in total. The third-order valence-corrected chi connectivity index (χ3v) is 6.63. The lowest BCUT2D eigenvalue weighted by Gasteiger charge is -2.31. The number of amides is 1. The number of carbonyl (C=O) groups is 2. The smallest absolute Gasteiger partial charge is 0.308 e. The van der Waals surface area contributed by atoms with Crippen molar-refractivity contribution in [3.8, 4) is 0 Å². The van der Waals surface area contributed by atoms with Gasteiger partial charge in [0.05, 0.1) is 33.7 Å². The first-order chi connectivity index (χ1) is 15.3. The van der Waals surface area contributed by atoms with E-state index in [1.54, 1.807) is 0 Å². The lowest BCUT2D eigenvalue weighted by molar-refractivity contribution is -0.879. The monoisotopic (exact) mass is 572 g/mol. The number of hydrogen-bond acceptors (Lipinski definition) is 3. The molecule has 1 unspecified atom stereocenters. The van der Waals surface area contributed by atoms with Crippen LogP contribution in [0.1, 0.15) is 94.0 Å². The highest BCUT2D eigenvalue weighted by Crippen LogP contribution is 2.29. The number of nitrogens with zero attached hydrogens (tertiary/aromatic N) is 1. The molecule has 33 heavy (non-hydrogen) atoms. The van der Waals surface area contributed by atoms with E-state index in [9.17, 15) is 9.59 Å². The van der Waals surface area contributed by atoms with Crippen LogP contribution in [0.2, 0.25) is 0 Å². The number of hydrogen-bond donors (Lipinski definition) is 1. The molecule has 1 amide bonds. The Hall–Kier alpha value is -1.15. The Labute approximate surface area is 218 Å². The molecule has 0 radical (unpaired) electrons. The molecule has 0 saturated carbocycles. The molecule has 0 spiro atoms. The second kappa shape index (κ2) is 15.0. The second-order valence-electron chi connectivity index (χ2n) is 10.2. The summed E-state index contributed by atoms with van der Waals surface area (Å²) >= 11 is 0. The molecule has 0 aliphatic carbocycles. The number of esters is 1. The molecule has 2 rings (SSSR count). The number of rotatable bonds is 14. The Morgan fingerprint density at radius 3 is 2.12 bits per heavy atom. The number of carbonyl (C=O) groups excluding carboxylic acids is 2. The van der Waals surface area contributed by atoms with E-state index in [0.29, 0.717) is 12.2 Å². The number of quaternary nitrogens is 1. The highest BCUT2D eigenvalue weighted by atomic mass is 127. The van der Waals surface area contributed by atoms with Crippen LogP contribution < -0.4 is 29.3 Å². The molecule has 6 heteroatoms. The maximum atomic E-state index is 13.0. The van der Waals surface area contributed by atoms with Crippen molar-refractivity contribution in [3.05, 3.63) is 35.4 Å². The molecule has 1 atom stereocenters. The molecular formula is C27H45IN2O3. The van der Waals surface area contributed by atoms with Crippen LogP contribution in [-0.2, 0) is 16.0 Å². The van der Waals surface area contributed by atoms with Crippen LogP contribution >= 0.6 is 0 Å². The third kappa shape index (κ3) is 10.8. The SMILES string of the molecule is CCCCCCCCCCc1ccc(C(=O)NC2(CC(=O)OCC)CC[N+](C)(C)C2)cc1.[I-]. The van der Waals surface area contributed by atoms with Crippen molar-refractivity contribution in [2.24, 2.45) is 0 Å². The number of likely N-dealkylation sites (N-methyl/N-ethyl adjacent to an activating group) is 1.